The molecule has 2 aromatic carbocycles. The van der Waals surface area contributed by atoms with Crippen molar-refractivity contribution in [3.8, 4) is 11.5 Å². The van der Waals surface area contributed by atoms with Crippen molar-refractivity contribution in [1.82, 2.24) is 10.3 Å². The second-order valence-corrected chi connectivity index (χ2v) is 7.59. The third kappa shape index (κ3) is 7.99. The lowest BCUT2D eigenvalue weighted by molar-refractivity contribution is -0.138. The molecule has 0 aromatic heterocycles. The Bertz CT molecular complexity index is 1050. The Kier molecular flexibility index (Phi) is 9.07. The van der Waals surface area contributed by atoms with Crippen LogP contribution in [0.1, 0.15) is 23.6 Å². The van der Waals surface area contributed by atoms with Gasteiger partial charge in [0.1, 0.15) is 0 Å². The van der Waals surface area contributed by atoms with E-state index in [1.165, 1.54) is 18.3 Å². The molecule has 0 radical (unpaired) electrons. The van der Waals surface area contributed by atoms with Gasteiger partial charge >= 0.3 is 6.18 Å². The van der Waals surface area contributed by atoms with Gasteiger partial charge in [-0.2, -0.15) is 18.3 Å². The normalized spacial score (nSPS) is 14.1. The van der Waals surface area contributed by atoms with E-state index >= 15 is 0 Å². The first-order valence-corrected chi connectivity index (χ1v) is 11.0. The average Bonchev–Trinajstić information content (AvgIpc) is 2.84. The van der Waals surface area contributed by atoms with Gasteiger partial charge in [0.05, 0.1) is 38.0 Å². The molecule has 1 aliphatic heterocycles. The third-order valence-corrected chi connectivity index (χ3v) is 5.00. The molecule has 188 valence electrons. The molecule has 2 amide bonds. The van der Waals surface area contributed by atoms with Crippen molar-refractivity contribution in [1.29, 1.82) is 0 Å². The molecule has 8 nitrogen and oxygen atoms in total. The van der Waals surface area contributed by atoms with Crippen molar-refractivity contribution >= 4 is 18.0 Å². The Balaban J connectivity index is 1.56. The largest absolute Gasteiger partial charge is 0.490 e. The second-order valence-electron chi connectivity index (χ2n) is 7.59. The summed E-state index contributed by atoms with van der Waals surface area (Å²) in [5, 5.41) is 3.86. The van der Waals surface area contributed by atoms with Gasteiger partial charge in [-0.05, 0) is 42.3 Å². The summed E-state index contributed by atoms with van der Waals surface area (Å²) in [6.45, 7) is 4.07. The molecule has 1 heterocycles. The highest BCUT2D eigenvalue weighted by molar-refractivity contribution is 5.84. The summed E-state index contributed by atoms with van der Waals surface area (Å²) in [6, 6.07) is 9.50. The molecule has 0 bridgehead atoms. The van der Waals surface area contributed by atoms with Crippen LogP contribution in [0.15, 0.2) is 47.6 Å². The zero-order valence-corrected chi connectivity index (χ0v) is 19.1. The van der Waals surface area contributed by atoms with Crippen LogP contribution in [0.2, 0.25) is 0 Å². The molecule has 11 heteroatoms. The number of morpholine rings is 1. The highest BCUT2D eigenvalue weighted by atomic mass is 19.4. The molecule has 0 aliphatic carbocycles. The fourth-order valence-electron chi connectivity index (χ4n) is 3.30. The summed E-state index contributed by atoms with van der Waals surface area (Å²) in [5.41, 5.74) is 2.29. The molecule has 0 saturated carbocycles. The van der Waals surface area contributed by atoms with Gasteiger partial charge in [-0.3, -0.25) is 9.59 Å². The number of carbonyl (C=O) groups is 2. The van der Waals surface area contributed by atoms with E-state index in [1.807, 2.05) is 0 Å². The monoisotopic (exact) mass is 493 g/mol. The predicted molar refractivity (Wildman–Crippen MR) is 121 cm³/mol. The molecule has 1 N–H and O–H groups in total. The standard InChI is InChI=1S/C24H26F3N3O5/c1-2-34-21-13-18(6-7-20(21)35-16-23(32)30-8-10-33-11-9-30)15-28-29-22(31)14-17-4-3-5-19(12-17)24(25,26)27/h3-7,12-13,15H,2,8-11,14,16H2,1H3,(H,29,31)/b28-15+. The minimum Gasteiger partial charge on any atom is -0.490 e. The Morgan fingerprint density at radius 2 is 1.89 bits per heavy atom. The lowest BCUT2D eigenvalue weighted by Crippen LogP contribution is -2.43. The zero-order valence-electron chi connectivity index (χ0n) is 19.1. The van der Waals surface area contributed by atoms with E-state index in [9.17, 15) is 22.8 Å². The van der Waals surface area contributed by atoms with Crippen molar-refractivity contribution in [3.63, 3.8) is 0 Å². The molecular formula is C24H26F3N3O5. The molecule has 0 unspecified atom stereocenters. The maximum Gasteiger partial charge on any atom is 0.416 e. The van der Waals surface area contributed by atoms with Gasteiger partial charge in [0.25, 0.3) is 5.91 Å². The van der Waals surface area contributed by atoms with Gasteiger partial charge in [-0.1, -0.05) is 18.2 Å². The van der Waals surface area contributed by atoms with E-state index in [1.54, 1.807) is 30.0 Å². The summed E-state index contributed by atoms with van der Waals surface area (Å²) < 4.78 is 54.9. The van der Waals surface area contributed by atoms with Crippen LogP contribution in [0.3, 0.4) is 0 Å². The van der Waals surface area contributed by atoms with Crippen LogP contribution in [0.5, 0.6) is 11.5 Å². The molecule has 0 spiro atoms. The number of benzene rings is 2. The van der Waals surface area contributed by atoms with E-state index in [-0.39, 0.29) is 24.5 Å². The summed E-state index contributed by atoms with van der Waals surface area (Å²) in [4.78, 5) is 26.0. The lowest BCUT2D eigenvalue weighted by atomic mass is 10.1. The fraction of sp³-hybridized carbons (Fsp3) is 0.375. The van der Waals surface area contributed by atoms with Crippen LogP contribution in [-0.4, -0.2) is 62.4 Å². The summed E-state index contributed by atoms with van der Waals surface area (Å²) in [6.07, 6.45) is -3.36. The molecule has 1 fully saturated rings. The number of amides is 2. The number of alkyl halides is 3. The van der Waals surface area contributed by atoms with Gasteiger partial charge in [-0.15, -0.1) is 0 Å². The second kappa shape index (κ2) is 12.2. The smallest absolute Gasteiger partial charge is 0.416 e. The molecule has 0 atom stereocenters. The van der Waals surface area contributed by atoms with Crippen LogP contribution in [0.25, 0.3) is 0 Å². The van der Waals surface area contributed by atoms with Crippen molar-refractivity contribution < 1.29 is 37.0 Å². The van der Waals surface area contributed by atoms with E-state index in [0.29, 0.717) is 50.0 Å². The maximum atomic E-state index is 12.8. The predicted octanol–water partition coefficient (Wildman–Crippen LogP) is 3.03. The van der Waals surface area contributed by atoms with Crippen molar-refractivity contribution in [2.45, 2.75) is 19.5 Å². The van der Waals surface area contributed by atoms with Gasteiger partial charge in [0.2, 0.25) is 5.91 Å². The number of rotatable bonds is 9. The van der Waals surface area contributed by atoms with E-state index < -0.39 is 17.6 Å². The number of hydrogen-bond acceptors (Lipinski definition) is 6. The quantitative estimate of drug-likeness (QED) is 0.429. The maximum absolute atomic E-state index is 12.8. The number of nitrogens with zero attached hydrogens (tertiary/aromatic N) is 2. The Morgan fingerprint density at radius 3 is 2.60 bits per heavy atom. The van der Waals surface area contributed by atoms with Gasteiger partial charge in [-0.25, -0.2) is 5.43 Å². The van der Waals surface area contributed by atoms with Crippen molar-refractivity contribution in [2.24, 2.45) is 5.10 Å². The first-order chi connectivity index (χ1) is 16.8. The van der Waals surface area contributed by atoms with Crippen LogP contribution >= 0.6 is 0 Å². The highest BCUT2D eigenvalue weighted by Gasteiger charge is 2.30. The lowest BCUT2D eigenvalue weighted by Gasteiger charge is -2.26. The SMILES string of the molecule is CCOc1cc(/C=N/NC(=O)Cc2cccc(C(F)(F)F)c2)ccc1OCC(=O)N1CCOCC1. The third-order valence-electron chi connectivity index (χ3n) is 5.00. The van der Waals surface area contributed by atoms with Crippen molar-refractivity contribution in [2.75, 3.05) is 39.5 Å². The summed E-state index contributed by atoms with van der Waals surface area (Å²) >= 11 is 0. The van der Waals surface area contributed by atoms with Gasteiger partial charge in [0.15, 0.2) is 18.1 Å². The number of halogens is 3. The van der Waals surface area contributed by atoms with Crippen LogP contribution in [0.4, 0.5) is 13.2 Å². The topological polar surface area (TPSA) is 89.5 Å². The molecule has 35 heavy (non-hydrogen) atoms. The zero-order chi connectivity index (χ0) is 25.3. The molecule has 2 aromatic rings. The van der Waals surface area contributed by atoms with Gasteiger partial charge in [0, 0.05) is 13.1 Å². The average molecular weight is 493 g/mol. The minimum atomic E-state index is -4.48. The van der Waals surface area contributed by atoms with E-state index in [4.69, 9.17) is 14.2 Å². The number of hydrazone groups is 1. The minimum absolute atomic E-state index is 0.140. The summed E-state index contributed by atoms with van der Waals surface area (Å²) in [7, 11) is 0. The Labute approximate surface area is 200 Å². The first kappa shape index (κ1) is 26.0. The van der Waals surface area contributed by atoms with Crippen LogP contribution in [0, 0.1) is 0 Å². The number of hydrogen-bond donors (Lipinski definition) is 1. The number of nitrogens with one attached hydrogen (secondary N) is 1. The molecule has 1 saturated heterocycles. The fourth-order valence-corrected chi connectivity index (χ4v) is 3.30. The molecule has 1 aliphatic rings. The highest BCUT2D eigenvalue weighted by Crippen LogP contribution is 2.30. The number of ether oxygens (including phenoxy) is 3. The van der Waals surface area contributed by atoms with E-state index in [0.717, 1.165) is 12.1 Å². The number of carbonyl (C=O) groups excluding carboxylic acids is 2. The molecular weight excluding hydrogens is 467 g/mol. The van der Waals surface area contributed by atoms with Crippen LogP contribution < -0.4 is 14.9 Å². The van der Waals surface area contributed by atoms with Crippen molar-refractivity contribution in [3.05, 3.63) is 59.2 Å². The molecule has 3 rings (SSSR count). The Hall–Kier alpha value is -3.60. The summed E-state index contributed by atoms with van der Waals surface area (Å²) in [5.74, 6) is 0.0813. The van der Waals surface area contributed by atoms with Crippen LogP contribution in [-0.2, 0) is 26.9 Å². The Morgan fingerprint density at radius 1 is 1.11 bits per heavy atom. The van der Waals surface area contributed by atoms with Gasteiger partial charge < -0.3 is 19.1 Å². The first-order valence-electron chi connectivity index (χ1n) is 11.0. The van der Waals surface area contributed by atoms with E-state index in [2.05, 4.69) is 10.5 Å².